The smallest absolute Gasteiger partial charge is 0.258 e. The van der Waals surface area contributed by atoms with Gasteiger partial charge in [-0.2, -0.15) is 0 Å². The summed E-state index contributed by atoms with van der Waals surface area (Å²) in [6, 6.07) is 25.3. The SMILES string of the molecule is CCC(=O)N(c1ccccc1)[C@H]1C[C@@H](C)N(C(=O)c2ccc(N(C)C)cc2)c2ccccc21. The maximum atomic E-state index is 13.6. The fraction of sp³-hybridized carbons (Fsp3) is 0.286. The molecule has 0 unspecified atom stereocenters. The molecule has 0 saturated heterocycles. The first-order valence-electron chi connectivity index (χ1n) is 11.5. The van der Waals surface area contributed by atoms with Crippen molar-refractivity contribution in [2.24, 2.45) is 0 Å². The highest BCUT2D eigenvalue weighted by Gasteiger charge is 2.38. The highest BCUT2D eigenvalue weighted by Crippen LogP contribution is 2.42. The molecule has 5 nitrogen and oxygen atoms in total. The number of hydrogen-bond acceptors (Lipinski definition) is 3. The highest BCUT2D eigenvalue weighted by molar-refractivity contribution is 6.07. The van der Waals surface area contributed by atoms with E-state index in [-0.39, 0.29) is 23.9 Å². The lowest BCUT2D eigenvalue weighted by Gasteiger charge is -2.43. The van der Waals surface area contributed by atoms with Gasteiger partial charge in [0, 0.05) is 49.2 Å². The molecule has 2 atom stereocenters. The summed E-state index contributed by atoms with van der Waals surface area (Å²) in [7, 11) is 3.96. The molecule has 0 spiro atoms. The quantitative estimate of drug-likeness (QED) is 0.512. The Balaban J connectivity index is 1.75. The predicted molar refractivity (Wildman–Crippen MR) is 135 cm³/mol. The normalized spacial score (nSPS) is 17.3. The molecule has 0 N–H and O–H groups in total. The number of anilines is 3. The summed E-state index contributed by atoms with van der Waals surface area (Å²) in [5, 5.41) is 0. The van der Waals surface area contributed by atoms with Crippen molar-refractivity contribution in [2.45, 2.75) is 38.8 Å². The van der Waals surface area contributed by atoms with E-state index in [1.807, 2.05) is 115 Å². The van der Waals surface area contributed by atoms with Crippen LogP contribution in [0.3, 0.4) is 0 Å². The minimum absolute atomic E-state index is 0.0215. The molecule has 0 radical (unpaired) electrons. The van der Waals surface area contributed by atoms with Crippen molar-refractivity contribution in [1.82, 2.24) is 0 Å². The molecule has 3 aromatic carbocycles. The second kappa shape index (κ2) is 9.49. The van der Waals surface area contributed by atoms with Crippen molar-refractivity contribution in [1.29, 1.82) is 0 Å². The number of nitrogens with zero attached hydrogens (tertiary/aromatic N) is 3. The first kappa shape index (κ1) is 22.6. The Hall–Kier alpha value is -3.60. The van der Waals surface area contributed by atoms with Gasteiger partial charge in [-0.05, 0) is 61.4 Å². The van der Waals surface area contributed by atoms with Crippen molar-refractivity contribution < 1.29 is 9.59 Å². The molecular weight excluding hydrogens is 410 g/mol. The second-order valence-electron chi connectivity index (χ2n) is 8.73. The first-order valence-corrected chi connectivity index (χ1v) is 11.5. The van der Waals surface area contributed by atoms with Crippen LogP contribution < -0.4 is 14.7 Å². The third-order valence-corrected chi connectivity index (χ3v) is 6.33. The van der Waals surface area contributed by atoms with Gasteiger partial charge in [-0.3, -0.25) is 9.59 Å². The van der Waals surface area contributed by atoms with Crippen LogP contribution in [0.5, 0.6) is 0 Å². The minimum Gasteiger partial charge on any atom is -0.378 e. The van der Waals surface area contributed by atoms with Crippen LogP contribution in [0.15, 0.2) is 78.9 Å². The average molecular weight is 442 g/mol. The molecule has 170 valence electrons. The van der Waals surface area contributed by atoms with Crippen molar-refractivity contribution >= 4 is 28.9 Å². The zero-order chi connectivity index (χ0) is 23.5. The molecule has 0 saturated carbocycles. The largest absolute Gasteiger partial charge is 0.378 e. The Labute approximate surface area is 196 Å². The number of carbonyl (C=O) groups excluding carboxylic acids is 2. The van der Waals surface area contributed by atoms with Gasteiger partial charge in [0.2, 0.25) is 5.91 Å². The van der Waals surface area contributed by atoms with Crippen molar-refractivity contribution in [2.75, 3.05) is 28.8 Å². The van der Waals surface area contributed by atoms with Crippen molar-refractivity contribution in [3.63, 3.8) is 0 Å². The summed E-state index contributed by atoms with van der Waals surface area (Å²) in [6.45, 7) is 3.96. The van der Waals surface area contributed by atoms with Crippen LogP contribution in [0, 0.1) is 0 Å². The predicted octanol–water partition coefficient (Wildman–Crippen LogP) is 5.68. The fourth-order valence-corrected chi connectivity index (χ4v) is 4.63. The summed E-state index contributed by atoms with van der Waals surface area (Å²) in [5.74, 6) is 0.0547. The molecule has 2 amide bonds. The molecule has 0 bridgehead atoms. The number of para-hydroxylation sites is 2. The van der Waals surface area contributed by atoms with Gasteiger partial charge in [-0.1, -0.05) is 43.3 Å². The van der Waals surface area contributed by atoms with E-state index in [0.717, 1.165) is 22.6 Å². The van der Waals surface area contributed by atoms with E-state index in [2.05, 4.69) is 6.92 Å². The van der Waals surface area contributed by atoms with E-state index >= 15 is 0 Å². The summed E-state index contributed by atoms with van der Waals surface area (Å²) >= 11 is 0. The van der Waals surface area contributed by atoms with E-state index in [1.165, 1.54) is 0 Å². The highest BCUT2D eigenvalue weighted by atomic mass is 16.2. The first-order chi connectivity index (χ1) is 15.9. The lowest BCUT2D eigenvalue weighted by Crippen LogP contribution is -2.47. The Bertz CT molecular complexity index is 1130. The molecule has 33 heavy (non-hydrogen) atoms. The number of rotatable bonds is 5. The minimum atomic E-state index is -0.133. The molecule has 1 aliphatic heterocycles. The zero-order valence-electron chi connectivity index (χ0n) is 19.7. The number of carbonyl (C=O) groups is 2. The maximum Gasteiger partial charge on any atom is 0.258 e. The van der Waals surface area contributed by atoms with Gasteiger partial charge in [-0.15, -0.1) is 0 Å². The van der Waals surface area contributed by atoms with Gasteiger partial charge in [-0.25, -0.2) is 0 Å². The standard InChI is InChI=1S/C28H31N3O2/c1-5-27(32)31(23-11-7-6-8-12-23)26-19-20(2)30(25-14-10-9-13-24(25)26)28(33)21-15-17-22(18-16-21)29(3)4/h6-18,20,26H,5,19H2,1-4H3/t20-,26+/m1/s1. The number of fused-ring (bicyclic) bond motifs is 1. The molecule has 1 aliphatic rings. The van der Waals surface area contributed by atoms with Crippen molar-refractivity contribution in [3.05, 3.63) is 90.0 Å². The van der Waals surface area contributed by atoms with E-state index in [1.54, 1.807) is 0 Å². The van der Waals surface area contributed by atoms with Crippen LogP contribution in [0.2, 0.25) is 0 Å². The Morgan fingerprint density at radius 2 is 1.52 bits per heavy atom. The number of hydrogen-bond donors (Lipinski definition) is 0. The van der Waals surface area contributed by atoms with Gasteiger partial charge < -0.3 is 14.7 Å². The molecular formula is C28H31N3O2. The Morgan fingerprint density at radius 1 is 0.879 bits per heavy atom. The monoisotopic (exact) mass is 441 g/mol. The van der Waals surface area contributed by atoms with E-state index in [4.69, 9.17) is 0 Å². The summed E-state index contributed by atoms with van der Waals surface area (Å²) in [6.07, 6.45) is 1.09. The van der Waals surface area contributed by atoms with E-state index in [9.17, 15) is 9.59 Å². The Kier molecular flexibility index (Phi) is 6.50. The van der Waals surface area contributed by atoms with Crippen LogP contribution in [-0.2, 0) is 4.79 Å². The summed E-state index contributed by atoms with van der Waals surface area (Å²) in [5.41, 5.74) is 4.46. The molecule has 3 aromatic rings. The lowest BCUT2D eigenvalue weighted by atomic mass is 9.89. The molecule has 4 rings (SSSR count). The topological polar surface area (TPSA) is 43.9 Å². The summed E-state index contributed by atoms with van der Waals surface area (Å²) < 4.78 is 0. The third kappa shape index (κ3) is 4.36. The average Bonchev–Trinajstić information content (AvgIpc) is 2.84. The van der Waals surface area contributed by atoms with Crippen LogP contribution in [0.25, 0.3) is 0 Å². The van der Waals surface area contributed by atoms with Crippen LogP contribution in [-0.4, -0.2) is 32.0 Å². The van der Waals surface area contributed by atoms with Gasteiger partial charge in [0.1, 0.15) is 0 Å². The van der Waals surface area contributed by atoms with E-state index in [0.29, 0.717) is 18.4 Å². The molecule has 0 aromatic heterocycles. The Morgan fingerprint density at radius 3 is 2.15 bits per heavy atom. The molecule has 0 aliphatic carbocycles. The zero-order valence-corrected chi connectivity index (χ0v) is 19.7. The molecule has 0 fully saturated rings. The number of benzene rings is 3. The van der Waals surface area contributed by atoms with Gasteiger partial charge in [0.25, 0.3) is 5.91 Å². The number of amides is 2. The van der Waals surface area contributed by atoms with Gasteiger partial charge in [0.15, 0.2) is 0 Å². The van der Waals surface area contributed by atoms with Gasteiger partial charge in [0.05, 0.1) is 6.04 Å². The van der Waals surface area contributed by atoms with Crippen molar-refractivity contribution in [3.8, 4) is 0 Å². The maximum absolute atomic E-state index is 13.6. The van der Waals surface area contributed by atoms with Crippen LogP contribution in [0.4, 0.5) is 17.1 Å². The van der Waals surface area contributed by atoms with Gasteiger partial charge >= 0.3 is 0 Å². The van der Waals surface area contributed by atoms with Crippen LogP contribution >= 0.6 is 0 Å². The second-order valence-corrected chi connectivity index (χ2v) is 8.73. The van der Waals surface area contributed by atoms with Crippen LogP contribution in [0.1, 0.15) is 48.7 Å². The summed E-state index contributed by atoms with van der Waals surface area (Å²) in [4.78, 5) is 32.5. The third-order valence-electron chi connectivity index (χ3n) is 6.33. The fourth-order valence-electron chi connectivity index (χ4n) is 4.63. The lowest BCUT2D eigenvalue weighted by molar-refractivity contribution is -0.118. The van der Waals surface area contributed by atoms with E-state index < -0.39 is 0 Å². The molecule has 5 heteroatoms. The molecule has 1 heterocycles.